The number of phenolic OH excluding ortho intramolecular Hbond substituents is 1. The summed E-state index contributed by atoms with van der Waals surface area (Å²) in [5.74, 6) is -1.32. The zero-order valence-electron chi connectivity index (χ0n) is 10.00. The smallest absolute Gasteiger partial charge is 0.257 e. The molecular weight excluding hydrogens is 289 g/mol. The summed E-state index contributed by atoms with van der Waals surface area (Å²) >= 11 is 3.31. The topological polar surface area (TPSA) is 40.5 Å². The Balaban J connectivity index is 3.05. The molecule has 0 heterocycles. The van der Waals surface area contributed by atoms with Crippen LogP contribution in [0, 0.1) is 5.82 Å². The Morgan fingerprint density at radius 2 is 2.12 bits per heavy atom. The van der Waals surface area contributed by atoms with E-state index >= 15 is 0 Å². The number of phenols is 1. The minimum absolute atomic E-state index is 0.0423. The van der Waals surface area contributed by atoms with E-state index in [2.05, 4.69) is 15.9 Å². The van der Waals surface area contributed by atoms with Crippen molar-refractivity contribution < 1.29 is 14.3 Å². The second-order valence-corrected chi connectivity index (χ2v) is 5.04. The van der Waals surface area contributed by atoms with Gasteiger partial charge in [0.25, 0.3) is 5.91 Å². The number of alkyl halides is 1. The highest BCUT2D eigenvalue weighted by Gasteiger charge is 2.28. The highest BCUT2D eigenvalue weighted by molar-refractivity contribution is 9.09. The van der Waals surface area contributed by atoms with Gasteiger partial charge in [-0.2, -0.15) is 0 Å². The summed E-state index contributed by atoms with van der Waals surface area (Å²) in [4.78, 5) is 13.5. The number of aromatic hydroxyl groups is 1. The van der Waals surface area contributed by atoms with Gasteiger partial charge in [-0.05, 0) is 26.0 Å². The molecule has 0 saturated carbocycles. The maximum Gasteiger partial charge on any atom is 0.257 e. The van der Waals surface area contributed by atoms with Crippen molar-refractivity contribution >= 4 is 21.8 Å². The minimum Gasteiger partial charge on any atom is -0.508 e. The molecular formula is C12H15BrFNO2. The van der Waals surface area contributed by atoms with Crippen molar-refractivity contribution in [1.29, 1.82) is 0 Å². The zero-order chi connectivity index (χ0) is 13.2. The molecule has 94 valence electrons. The molecule has 0 aromatic heterocycles. The van der Waals surface area contributed by atoms with E-state index in [0.29, 0.717) is 5.33 Å². The number of carbonyl (C=O) groups is 1. The predicted octanol–water partition coefficient (Wildman–Crippen LogP) is 2.78. The molecule has 1 aromatic rings. The summed E-state index contributed by atoms with van der Waals surface area (Å²) in [5, 5.41) is 9.68. The number of carbonyl (C=O) groups excluding carboxylic acids is 1. The van der Waals surface area contributed by atoms with Crippen LogP contribution in [0.15, 0.2) is 18.2 Å². The van der Waals surface area contributed by atoms with E-state index < -0.39 is 17.3 Å². The zero-order valence-corrected chi connectivity index (χ0v) is 11.6. The third-order valence-corrected chi connectivity index (χ3v) is 4.09. The molecule has 1 aromatic carbocycles. The van der Waals surface area contributed by atoms with Crippen LogP contribution in [0.4, 0.5) is 4.39 Å². The second kappa shape index (κ2) is 5.04. The molecule has 0 bridgehead atoms. The Morgan fingerprint density at radius 3 is 2.59 bits per heavy atom. The SMILES string of the molecule is CN(C(=O)c1ccc(O)cc1F)C(C)(C)CBr. The predicted molar refractivity (Wildman–Crippen MR) is 68.0 cm³/mol. The molecule has 0 aliphatic rings. The Morgan fingerprint density at radius 1 is 1.53 bits per heavy atom. The second-order valence-electron chi connectivity index (χ2n) is 4.47. The number of rotatable bonds is 3. The van der Waals surface area contributed by atoms with E-state index in [1.165, 1.54) is 17.0 Å². The average molecular weight is 304 g/mol. The first-order valence-corrected chi connectivity index (χ1v) is 6.24. The fourth-order valence-corrected chi connectivity index (χ4v) is 1.60. The third kappa shape index (κ3) is 2.97. The molecule has 0 spiro atoms. The Kier molecular flexibility index (Phi) is 4.14. The number of amides is 1. The average Bonchev–Trinajstić information content (AvgIpc) is 2.27. The van der Waals surface area contributed by atoms with Gasteiger partial charge in [0, 0.05) is 24.0 Å². The van der Waals surface area contributed by atoms with E-state index in [-0.39, 0.29) is 11.3 Å². The van der Waals surface area contributed by atoms with Crippen molar-refractivity contribution in [2.45, 2.75) is 19.4 Å². The van der Waals surface area contributed by atoms with E-state index in [4.69, 9.17) is 5.11 Å². The van der Waals surface area contributed by atoms with E-state index in [1.807, 2.05) is 13.8 Å². The fourth-order valence-electron chi connectivity index (χ4n) is 1.22. The molecule has 0 saturated heterocycles. The molecule has 0 aliphatic heterocycles. The van der Waals surface area contributed by atoms with Gasteiger partial charge in [0.05, 0.1) is 5.56 Å². The molecule has 1 N–H and O–H groups in total. The lowest BCUT2D eigenvalue weighted by Gasteiger charge is -2.34. The highest BCUT2D eigenvalue weighted by atomic mass is 79.9. The standard InChI is InChI=1S/C12H15BrFNO2/c1-12(2,7-13)15(3)11(17)9-5-4-8(16)6-10(9)14/h4-6,16H,7H2,1-3H3. The van der Waals surface area contributed by atoms with Gasteiger partial charge in [0.15, 0.2) is 0 Å². The van der Waals surface area contributed by atoms with E-state index in [9.17, 15) is 9.18 Å². The van der Waals surface area contributed by atoms with Gasteiger partial charge in [0.1, 0.15) is 11.6 Å². The molecule has 17 heavy (non-hydrogen) atoms. The summed E-state index contributed by atoms with van der Waals surface area (Å²) in [6.45, 7) is 3.75. The summed E-state index contributed by atoms with van der Waals surface area (Å²) < 4.78 is 13.5. The van der Waals surface area contributed by atoms with Crippen LogP contribution in [-0.2, 0) is 0 Å². The van der Waals surface area contributed by atoms with Crippen molar-refractivity contribution in [2.24, 2.45) is 0 Å². The molecule has 0 atom stereocenters. The van der Waals surface area contributed by atoms with Gasteiger partial charge in [-0.3, -0.25) is 4.79 Å². The molecule has 5 heteroatoms. The largest absolute Gasteiger partial charge is 0.508 e. The van der Waals surface area contributed by atoms with Crippen molar-refractivity contribution in [1.82, 2.24) is 4.90 Å². The normalized spacial score (nSPS) is 11.4. The maximum atomic E-state index is 13.5. The monoisotopic (exact) mass is 303 g/mol. The summed E-state index contributed by atoms with van der Waals surface area (Å²) in [6.07, 6.45) is 0. The number of hydrogen-bond donors (Lipinski definition) is 1. The van der Waals surface area contributed by atoms with Gasteiger partial charge in [-0.25, -0.2) is 4.39 Å². The third-order valence-electron chi connectivity index (χ3n) is 2.72. The van der Waals surface area contributed by atoms with Crippen LogP contribution in [-0.4, -0.2) is 33.8 Å². The molecule has 0 radical (unpaired) electrons. The first-order valence-electron chi connectivity index (χ1n) is 5.12. The number of nitrogens with zero attached hydrogens (tertiary/aromatic N) is 1. The van der Waals surface area contributed by atoms with Crippen LogP contribution in [0.2, 0.25) is 0 Å². The van der Waals surface area contributed by atoms with Gasteiger partial charge < -0.3 is 10.0 Å². The summed E-state index contributed by atoms with van der Waals surface area (Å²) in [7, 11) is 1.62. The Labute approximate surface area is 108 Å². The maximum absolute atomic E-state index is 13.5. The molecule has 0 unspecified atom stereocenters. The number of hydrogen-bond acceptors (Lipinski definition) is 2. The van der Waals surface area contributed by atoms with E-state index in [0.717, 1.165) is 6.07 Å². The first-order chi connectivity index (χ1) is 7.79. The van der Waals surface area contributed by atoms with Crippen LogP contribution in [0.25, 0.3) is 0 Å². The minimum atomic E-state index is -0.716. The van der Waals surface area contributed by atoms with Crippen LogP contribution >= 0.6 is 15.9 Å². The van der Waals surface area contributed by atoms with Gasteiger partial charge in [-0.1, -0.05) is 15.9 Å². The lowest BCUT2D eigenvalue weighted by Crippen LogP contribution is -2.46. The quantitative estimate of drug-likeness (QED) is 0.872. The van der Waals surface area contributed by atoms with Crippen molar-refractivity contribution in [2.75, 3.05) is 12.4 Å². The lowest BCUT2D eigenvalue weighted by molar-refractivity contribution is 0.0659. The number of benzene rings is 1. The number of halogens is 2. The van der Waals surface area contributed by atoms with Crippen LogP contribution in [0.3, 0.4) is 0 Å². The van der Waals surface area contributed by atoms with Crippen LogP contribution in [0.1, 0.15) is 24.2 Å². The van der Waals surface area contributed by atoms with Gasteiger partial charge >= 0.3 is 0 Å². The molecule has 0 fully saturated rings. The first kappa shape index (κ1) is 14.0. The summed E-state index contributed by atoms with van der Waals surface area (Å²) in [6, 6.07) is 3.52. The van der Waals surface area contributed by atoms with Crippen molar-refractivity contribution in [3.63, 3.8) is 0 Å². The van der Waals surface area contributed by atoms with Crippen LogP contribution in [0.5, 0.6) is 5.75 Å². The Bertz CT molecular complexity index is 435. The highest BCUT2D eigenvalue weighted by Crippen LogP contribution is 2.21. The van der Waals surface area contributed by atoms with E-state index in [1.54, 1.807) is 7.05 Å². The molecule has 1 amide bonds. The fraction of sp³-hybridized carbons (Fsp3) is 0.417. The van der Waals surface area contributed by atoms with Crippen molar-refractivity contribution in [3.05, 3.63) is 29.6 Å². The lowest BCUT2D eigenvalue weighted by atomic mass is 10.0. The Hall–Kier alpha value is -1.10. The summed E-state index contributed by atoms with van der Waals surface area (Å²) in [5.41, 5.74) is -0.458. The van der Waals surface area contributed by atoms with Gasteiger partial charge in [-0.15, -0.1) is 0 Å². The van der Waals surface area contributed by atoms with Crippen molar-refractivity contribution in [3.8, 4) is 5.75 Å². The molecule has 3 nitrogen and oxygen atoms in total. The molecule has 0 aliphatic carbocycles. The van der Waals surface area contributed by atoms with Crippen LogP contribution < -0.4 is 0 Å². The molecule has 1 rings (SSSR count). The van der Waals surface area contributed by atoms with Gasteiger partial charge in [0.2, 0.25) is 0 Å².